The SMILES string of the molecule is C#CC(C)OC(=O)CCCCCCCCC(=O)OCCCCC. The lowest BCUT2D eigenvalue weighted by molar-refractivity contribution is -0.146. The van der Waals surface area contributed by atoms with Gasteiger partial charge >= 0.3 is 11.9 Å². The Balaban J connectivity index is 3.32. The molecule has 0 radical (unpaired) electrons. The minimum Gasteiger partial charge on any atom is -0.466 e. The summed E-state index contributed by atoms with van der Waals surface area (Å²) in [6.07, 6.45) is 14.8. The van der Waals surface area contributed by atoms with Crippen molar-refractivity contribution in [1.82, 2.24) is 0 Å². The number of esters is 2. The predicted molar refractivity (Wildman–Crippen MR) is 91.8 cm³/mol. The highest BCUT2D eigenvalue weighted by Crippen LogP contribution is 2.10. The van der Waals surface area contributed by atoms with Gasteiger partial charge in [0.15, 0.2) is 6.10 Å². The zero-order valence-electron chi connectivity index (χ0n) is 14.8. The molecule has 0 saturated carbocycles. The molecule has 0 saturated heterocycles. The van der Waals surface area contributed by atoms with Gasteiger partial charge in [-0.25, -0.2) is 0 Å². The minimum absolute atomic E-state index is 0.0773. The third-order valence-electron chi connectivity index (χ3n) is 3.57. The maximum Gasteiger partial charge on any atom is 0.307 e. The molecule has 4 nitrogen and oxygen atoms in total. The van der Waals surface area contributed by atoms with Gasteiger partial charge in [0.05, 0.1) is 6.61 Å². The highest BCUT2D eigenvalue weighted by Gasteiger charge is 2.06. The van der Waals surface area contributed by atoms with Crippen LogP contribution in [0, 0.1) is 12.3 Å². The van der Waals surface area contributed by atoms with Gasteiger partial charge in [0.25, 0.3) is 0 Å². The second kappa shape index (κ2) is 15.4. The molecule has 0 amide bonds. The highest BCUT2D eigenvalue weighted by molar-refractivity contribution is 5.69. The van der Waals surface area contributed by atoms with Crippen molar-refractivity contribution in [3.8, 4) is 12.3 Å². The van der Waals surface area contributed by atoms with Crippen molar-refractivity contribution >= 4 is 11.9 Å². The van der Waals surface area contributed by atoms with E-state index in [1.807, 2.05) is 0 Å². The molecule has 0 rings (SSSR count). The van der Waals surface area contributed by atoms with Gasteiger partial charge in [0.1, 0.15) is 0 Å². The highest BCUT2D eigenvalue weighted by atomic mass is 16.5. The van der Waals surface area contributed by atoms with E-state index in [0.717, 1.165) is 57.8 Å². The van der Waals surface area contributed by atoms with Crippen molar-refractivity contribution in [2.75, 3.05) is 6.61 Å². The molecule has 0 fully saturated rings. The van der Waals surface area contributed by atoms with Crippen LogP contribution >= 0.6 is 0 Å². The molecule has 0 aromatic rings. The Kier molecular flexibility index (Phi) is 14.4. The number of terminal acetylenes is 1. The third-order valence-corrected chi connectivity index (χ3v) is 3.57. The molecule has 0 aliphatic rings. The smallest absolute Gasteiger partial charge is 0.307 e. The van der Waals surface area contributed by atoms with E-state index in [2.05, 4.69) is 12.8 Å². The zero-order chi connectivity index (χ0) is 17.3. The van der Waals surface area contributed by atoms with Gasteiger partial charge in [0, 0.05) is 12.8 Å². The molecule has 0 heterocycles. The van der Waals surface area contributed by atoms with Crippen LogP contribution < -0.4 is 0 Å². The van der Waals surface area contributed by atoms with E-state index in [-0.39, 0.29) is 11.9 Å². The fraction of sp³-hybridized carbons (Fsp3) is 0.789. The van der Waals surface area contributed by atoms with Crippen molar-refractivity contribution < 1.29 is 19.1 Å². The minimum atomic E-state index is -0.441. The molecular formula is C19H32O4. The molecule has 0 aliphatic heterocycles. The van der Waals surface area contributed by atoms with E-state index in [1.165, 1.54) is 0 Å². The summed E-state index contributed by atoms with van der Waals surface area (Å²) in [5.74, 6) is 2.07. The van der Waals surface area contributed by atoms with Crippen LogP contribution in [0.5, 0.6) is 0 Å². The molecule has 1 atom stereocenters. The molecular weight excluding hydrogens is 292 g/mol. The first kappa shape index (κ1) is 21.5. The summed E-state index contributed by atoms with van der Waals surface area (Å²) in [4.78, 5) is 22.8. The third kappa shape index (κ3) is 15.2. The van der Waals surface area contributed by atoms with Crippen LogP contribution in [-0.4, -0.2) is 24.6 Å². The first-order valence-electron chi connectivity index (χ1n) is 8.91. The quantitative estimate of drug-likeness (QED) is 0.270. The van der Waals surface area contributed by atoms with E-state index < -0.39 is 6.10 Å². The number of unbranched alkanes of at least 4 members (excludes halogenated alkanes) is 7. The Labute approximate surface area is 141 Å². The van der Waals surface area contributed by atoms with Crippen molar-refractivity contribution in [1.29, 1.82) is 0 Å². The number of hydrogen-bond acceptors (Lipinski definition) is 4. The molecule has 1 unspecified atom stereocenters. The van der Waals surface area contributed by atoms with Gasteiger partial charge in [-0.15, -0.1) is 6.42 Å². The maximum absolute atomic E-state index is 11.4. The van der Waals surface area contributed by atoms with Crippen LogP contribution in [-0.2, 0) is 19.1 Å². The maximum atomic E-state index is 11.4. The normalized spacial score (nSPS) is 11.5. The molecule has 0 aromatic carbocycles. The average Bonchev–Trinajstić information content (AvgIpc) is 2.53. The lowest BCUT2D eigenvalue weighted by Gasteiger charge is -2.07. The Morgan fingerprint density at radius 2 is 1.48 bits per heavy atom. The summed E-state index contributed by atoms with van der Waals surface area (Å²) in [5, 5.41) is 0. The van der Waals surface area contributed by atoms with E-state index in [9.17, 15) is 9.59 Å². The molecule has 4 heteroatoms. The van der Waals surface area contributed by atoms with Crippen molar-refractivity contribution in [3.63, 3.8) is 0 Å². The van der Waals surface area contributed by atoms with E-state index >= 15 is 0 Å². The molecule has 0 aromatic heterocycles. The summed E-state index contributed by atoms with van der Waals surface area (Å²) in [6, 6.07) is 0. The fourth-order valence-corrected chi connectivity index (χ4v) is 2.15. The lowest BCUT2D eigenvalue weighted by Crippen LogP contribution is -2.12. The molecule has 0 N–H and O–H groups in total. The van der Waals surface area contributed by atoms with E-state index in [1.54, 1.807) is 6.92 Å². The predicted octanol–water partition coefficient (Wildman–Crippen LogP) is 4.41. The number of ether oxygens (including phenoxy) is 2. The monoisotopic (exact) mass is 324 g/mol. The first-order valence-corrected chi connectivity index (χ1v) is 8.91. The van der Waals surface area contributed by atoms with Gasteiger partial charge in [-0.3, -0.25) is 9.59 Å². The van der Waals surface area contributed by atoms with Gasteiger partial charge in [-0.05, 0) is 26.2 Å². The average molecular weight is 324 g/mol. The summed E-state index contributed by atoms with van der Waals surface area (Å²) in [7, 11) is 0. The number of hydrogen-bond donors (Lipinski definition) is 0. The number of rotatable bonds is 14. The van der Waals surface area contributed by atoms with Gasteiger partial charge in [-0.2, -0.15) is 0 Å². The second-order valence-electron chi connectivity index (χ2n) is 5.85. The number of carbonyl (C=O) groups is 2. The Bertz CT molecular complexity index is 357. The summed E-state index contributed by atoms with van der Waals surface area (Å²) in [6.45, 7) is 4.37. The summed E-state index contributed by atoms with van der Waals surface area (Å²) >= 11 is 0. The second-order valence-corrected chi connectivity index (χ2v) is 5.85. The van der Waals surface area contributed by atoms with Gasteiger partial charge in [0.2, 0.25) is 0 Å². The zero-order valence-corrected chi connectivity index (χ0v) is 14.8. The van der Waals surface area contributed by atoms with Crippen molar-refractivity contribution in [2.45, 2.75) is 90.6 Å². The fourth-order valence-electron chi connectivity index (χ4n) is 2.15. The summed E-state index contributed by atoms with van der Waals surface area (Å²) < 4.78 is 10.1. The molecule has 132 valence electrons. The van der Waals surface area contributed by atoms with Crippen molar-refractivity contribution in [2.24, 2.45) is 0 Å². The van der Waals surface area contributed by atoms with Crippen LogP contribution in [0.1, 0.15) is 84.5 Å². The lowest BCUT2D eigenvalue weighted by atomic mass is 10.1. The topological polar surface area (TPSA) is 52.6 Å². The van der Waals surface area contributed by atoms with Crippen LogP contribution in [0.2, 0.25) is 0 Å². The molecule has 0 bridgehead atoms. The van der Waals surface area contributed by atoms with E-state index in [4.69, 9.17) is 15.9 Å². The summed E-state index contributed by atoms with van der Waals surface area (Å²) in [5.41, 5.74) is 0. The van der Waals surface area contributed by atoms with Crippen LogP contribution in [0.3, 0.4) is 0 Å². The van der Waals surface area contributed by atoms with E-state index in [0.29, 0.717) is 19.4 Å². The molecule has 0 aliphatic carbocycles. The van der Waals surface area contributed by atoms with Crippen LogP contribution in [0.4, 0.5) is 0 Å². The number of carbonyl (C=O) groups excluding carboxylic acids is 2. The van der Waals surface area contributed by atoms with Gasteiger partial charge in [-0.1, -0.05) is 51.4 Å². The Morgan fingerprint density at radius 1 is 0.913 bits per heavy atom. The first-order chi connectivity index (χ1) is 11.1. The largest absolute Gasteiger partial charge is 0.466 e. The Hall–Kier alpha value is -1.50. The van der Waals surface area contributed by atoms with Crippen molar-refractivity contribution in [3.05, 3.63) is 0 Å². The van der Waals surface area contributed by atoms with Gasteiger partial charge < -0.3 is 9.47 Å². The van der Waals surface area contributed by atoms with Crippen LogP contribution in [0.15, 0.2) is 0 Å². The van der Waals surface area contributed by atoms with Crippen LogP contribution in [0.25, 0.3) is 0 Å². The Morgan fingerprint density at radius 3 is 2.04 bits per heavy atom. The standard InChI is InChI=1S/C19H32O4/c1-4-6-13-16-22-18(20)14-11-9-7-8-10-12-15-19(21)23-17(3)5-2/h2,17H,4,6-16H2,1,3H3. The molecule has 0 spiro atoms. The molecule has 23 heavy (non-hydrogen) atoms.